The van der Waals surface area contributed by atoms with E-state index in [9.17, 15) is 4.39 Å². The summed E-state index contributed by atoms with van der Waals surface area (Å²) in [5, 5.41) is 5.39. The molecular weight excluding hydrogens is 429 g/mol. The summed E-state index contributed by atoms with van der Waals surface area (Å²) >= 11 is 0. The molecule has 4 aromatic heterocycles. The summed E-state index contributed by atoms with van der Waals surface area (Å²) in [6, 6.07) is 3.99. The maximum atomic E-state index is 13.7. The van der Waals surface area contributed by atoms with Gasteiger partial charge >= 0.3 is 0 Å². The molecule has 0 aromatic carbocycles. The largest absolute Gasteiger partial charge is 0.353 e. The second kappa shape index (κ2) is 7.43. The predicted molar refractivity (Wildman–Crippen MR) is 132 cm³/mol. The highest BCUT2D eigenvalue weighted by Crippen LogP contribution is 2.49. The second-order valence-corrected chi connectivity index (χ2v) is 9.39. The molecule has 0 radical (unpaired) electrons. The van der Waals surface area contributed by atoms with E-state index in [1.54, 1.807) is 6.20 Å². The predicted octanol–water partition coefficient (Wildman–Crippen LogP) is 3.93. The van der Waals surface area contributed by atoms with Crippen LogP contribution in [0.3, 0.4) is 0 Å². The van der Waals surface area contributed by atoms with Gasteiger partial charge in [-0.2, -0.15) is 0 Å². The van der Waals surface area contributed by atoms with Gasteiger partial charge in [-0.15, -0.1) is 0 Å². The number of rotatable bonds is 5. The molecule has 3 aliphatic rings. The number of allylic oxidation sites excluding steroid dienone is 4. The lowest BCUT2D eigenvalue weighted by atomic mass is 9.97. The van der Waals surface area contributed by atoms with Crippen molar-refractivity contribution in [2.24, 2.45) is 0 Å². The van der Waals surface area contributed by atoms with Gasteiger partial charge in [-0.3, -0.25) is 9.37 Å². The van der Waals surface area contributed by atoms with Crippen LogP contribution in [0.25, 0.3) is 38.9 Å². The fraction of sp³-hybridized carbons (Fsp3) is 0.308. The molecule has 1 saturated heterocycles. The highest BCUT2D eigenvalue weighted by atomic mass is 19.1. The Balaban J connectivity index is 1.44. The van der Waals surface area contributed by atoms with Crippen LogP contribution < -0.4 is 10.2 Å². The molecule has 5 heterocycles. The number of alkyl halides is 1. The van der Waals surface area contributed by atoms with E-state index < -0.39 is 0 Å². The van der Waals surface area contributed by atoms with Crippen molar-refractivity contribution in [3.05, 3.63) is 60.2 Å². The standard InChI is InChI=1S/C26H24FN7/c27-15-26(5-6-26)21-12-18-17(4-7-30-23(18)32-21)24-31-20-14-29-13-19(16-2-1-3-16)22(20)25(33-24)34-10-8-28-9-11-34/h1-4,7,12-14,28H,5-6,8-11,15H2,(H,30,32). The average Bonchev–Trinajstić information content (AvgIpc) is 3.53. The zero-order chi connectivity index (χ0) is 22.7. The summed E-state index contributed by atoms with van der Waals surface area (Å²) < 4.78 is 13.7. The lowest BCUT2D eigenvalue weighted by molar-refractivity contribution is 0.413. The Morgan fingerprint density at radius 3 is 2.68 bits per heavy atom. The molecule has 0 atom stereocenters. The van der Waals surface area contributed by atoms with Gasteiger partial charge in [0, 0.05) is 66.2 Å². The van der Waals surface area contributed by atoms with E-state index in [1.807, 2.05) is 30.6 Å². The number of H-pyrrole nitrogens is 1. The van der Waals surface area contributed by atoms with E-state index in [0.29, 0.717) is 5.82 Å². The molecule has 170 valence electrons. The highest BCUT2D eigenvalue weighted by molar-refractivity contribution is 6.03. The monoisotopic (exact) mass is 453 g/mol. The maximum Gasteiger partial charge on any atom is 0.163 e. The van der Waals surface area contributed by atoms with Crippen molar-refractivity contribution in [3.8, 4) is 11.4 Å². The quantitative estimate of drug-likeness (QED) is 0.477. The average molecular weight is 454 g/mol. The first-order valence-electron chi connectivity index (χ1n) is 11.8. The van der Waals surface area contributed by atoms with Gasteiger partial charge in [0.2, 0.25) is 0 Å². The molecule has 0 spiro atoms. The molecule has 34 heavy (non-hydrogen) atoms. The van der Waals surface area contributed by atoms with Crippen LogP contribution in [0.2, 0.25) is 0 Å². The first kappa shape index (κ1) is 19.8. The molecule has 7 nitrogen and oxygen atoms in total. The van der Waals surface area contributed by atoms with Crippen LogP contribution in [0.5, 0.6) is 0 Å². The third-order valence-corrected chi connectivity index (χ3v) is 7.32. The number of nitrogens with one attached hydrogen (secondary N) is 2. The third-order valence-electron chi connectivity index (χ3n) is 7.32. The van der Waals surface area contributed by atoms with Crippen LogP contribution in [-0.2, 0) is 5.41 Å². The summed E-state index contributed by atoms with van der Waals surface area (Å²) in [5.74, 6) is 1.57. The Bertz CT molecular complexity index is 1490. The Labute approximate surface area is 195 Å². The number of aromatic amines is 1. The lowest BCUT2D eigenvalue weighted by Gasteiger charge is -2.30. The minimum Gasteiger partial charge on any atom is -0.353 e. The number of hydrogen-bond donors (Lipinski definition) is 2. The van der Waals surface area contributed by atoms with E-state index in [2.05, 4.69) is 37.3 Å². The molecule has 4 aromatic rings. The molecule has 2 N–H and O–H groups in total. The third kappa shape index (κ3) is 2.98. The normalized spacial score (nSPS) is 18.9. The van der Waals surface area contributed by atoms with Crippen LogP contribution in [0.15, 0.2) is 49.0 Å². The Morgan fingerprint density at radius 2 is 1.94 bits per heavy atom. The van der Waals surface area contributed by atoms with Gasteiger partial charge in [-0.25, -0.2) is 15.0 Å². The fourth-order valence-corrected chi connectivity index (χ4v) is 5.01. The minimum atomic E-state index is -0.378. The first-order valence-corrected chi connectivity index (χ1v) is 11.8. The van der Waals surface area contributed by atoms with Crippen LogP contribution >= 0.6 is 0 Å². The summed E-state index contributed by atoms with van der Waals surface area (Å²) in [6.45, 7) is 3.22. The number of pyridine rings is 2. The Kier molecular flexibility index (Phi) is 4.32. The van der Waals surface area contributed by atoms with Crippen LogP contribution in [-0.4, -0.2) is 57.8 Å². The molecule has 0 unspecified atom stereocenters. The molecule has 1 aliphatic heterocycles. The van der Waals surface area contributed by atoms with Crippen LogP contribution in [0, 0.1) is 0 Å². The smallest absolute Gasteiger partial charge is 0.163 e. The number of nitrogens with zero attached hydrogens (tertiary/aromatic N) is 5. The zero-order valence-electron chi connectivity index (χ0n) is 18.7. The van der Waals surface area contributed by atoms with Crippen molar-refractivity contribution in [2.45, 2.75) is 18.3 Å². The lowest BCUT2D eigenvalue weighted by Crippen LogP contribution is -2.44. The molecule has 2 fully saturated rings. The number of aromatic nitrogens is 5. The van der Waals surface area contributed by atoms with Crippen molar-refractivity contribution in [1.29, 1.82) is 0 Å². The van der Waals surface area contributed by atoms with E-state index in [-0.39, 0.29) is 12.1 Å². The summed E-state index contributed by atoms with van der Waals surface area (Å²) in [5.41, 5.74) is 5.21. The SMILES string of the molecule is FCC1(c2cc3c(-c4nc(N5CCNCC5)c5c(C6=CC=C6)cncc5n4)ccnc3[nH]2)CC1. The molecular formula is C26H24FN7. The number of halogens is 1. The summed E-state index contributed by atoms with van der Waals surface area (Å²) in [6.07, 6.45) is 13.5. The van der Waals surface area contributed by atoms with Gasteiger partial charge in [0.05, 0.1) is 17.1 Å². The molecule has 1 saturated carbocycles. The van der Waals surface area contributed by atoms with Gasteiger partial charge in [0.25, 0.3) is 0 Å². The topological polar surface area (TPSA) is 82.6 Å². The Morgan fingerprint density at radius 1 is 1.09 bits per heavy atom. The second-order valence-electron chi connectivity index (χ2n) is 9.39. The number of fused-ring (bicyclic) bond motifs is 2. The summed E-state index contributed by atoms with van der Waals surface area (Å²) in [4.78, 5) is 24.8. The van der Waals surface area contributed by atoms with E-state index >= 15 is 0 Å². The van der Waals surface area contributed by atoms with Crippen LogP contribution in [0.1, 0.15) is 24.1 Å². The molecule has 2 aliphatic carbocycles. The van der Waals surface area contributed by atoms with E-state index in [0.717, 1.165) is 89.2 Å². The van der Waals surface area contributed by atoms with Gasteiger partial charge < -0.3 is 15.2 Å². The Hall–Kier alpha value is -3.65. The summed E-state index contributed by atoms with van der Waals surface area (Å²) in [7, 11) is 0. The van der Waals surface area contributed by atoms with Crippen LogP contribution in [0.4, 0.5) is 10.2 Å². The van der Waals surface area contributed by atoms with Gasteiger partial charge in [0.15, 0.2) is 5.82 Å². The number of anilines is 1. The molecule has 0 amide bonds. The van der Waals surface area contributed by atoms with E-state index in [4.69, 9.17) is 9.97 Å². The maximum absolute atomic E-state index is 13.7. The fourth-order valence-electron chi connectivity index (χ4n) is 5.01. The van der Waals surface area contributed by atoms with Gasteiger partial charge in [-0.1, -0.05) is 18.2 Å². The first-order chi connectivity index (χ1) is 16.8. The van der Waals surface area contributed by atoms with Crippen molar-refractivity contribution in [1.82, 2.24) is 30.2 Å². The zero-order valence-corrected chi connectivity index (χ0v) is 18.7. The number of hydrogen-bond acceptors (Lipinski definition) is 6. The van der Waals surface area contributed by atoms with E-state index in [1.165, 1.54) is 0 Å². The number of piperazine rings is 1. The highest BCUT2D eigenvalue weighted by Gasteiger charge is 2.46. The van der Waals surface area contributed by atoms with Crippen molar-refractivity contribution in [2.75, 3.05) is 37.8 Å². The van der Waals surface area contributed by atoms with Gasteiger partial charge in [-0.05, 0) is 30.5 Å². The molecule has 0 bridgehead atoms. The minimum absolute atomic E-state index is 0.354. The van der Waals surface area contributed by atoms with Crippen molar-refractivity contribution < 1.29 is 4.39 Å². The molecule has 8 heteroatoms. The van der Waals surface area contributed by atoms with Crippen molar-refractivity contribution >= 4 is 33.3 Å². The van der Waals surface area contributed by atoms with Gasteiger partial charge in [0.1, 0.15) is 18.1 Å². The van der Waals surface area contributed by atoms with Crippen molar-refractivity contribution in [3.63, 3.8) is 0 Å². The molecule has 7 rings (SSSR count).